The van der Waals surface area contributed by atoms with Crippen molar-refractivity contribution in [1.82, 2.24) is 0 Å². The van der Waals surface area contributed by atoms with Crippen molar-refractivity contribution in [1.29, 1.82) is 0 Å². The average molecular weight is 234 g/mol. The number of hydrogen-bond acceptors (Lipinski definition) is 2. The van der Waals surface area contributed by atoms with E-state index in [1.54, 1.807) is 0 Å². The molecule has 0 amide bonds. The molecule has 18 heavy (non-hydrogen) atoms. The molecule has 1 unspecified atom stereocenters. The summed E-state index contributed by atoms with van der Waals surface area (Å²) in [5, 5.41) is 0. The van der Waals surface area contributed by atoms with E-state index in [2.05, 4.69) is 0 Å². The highest BCUT2D eigenvalue weighted by molar-refractivity contribution is 6.16. The van der Waals surface area contributed by atoms with Gasteiger partial charge in [-0.15, -0.1) is 0 Å². The monoisotopic (exact) mass is 234 g/mol. The lowest BCUT2D eigenvalue weighted by Crippen LogP contribution is -2.12. The number of para-hydroxylation sites is 1. The van der Waals surface area contributed by atoms with E-state index in [-0.39, 0.29) is 11.9 Å². The van der Waals surface area contributed by atoms with Crippen LogP contribution in [-0.2, 0) is 0 Å². The van der Waals surface area contributed by atoms with Gasteiger partial charge in [0.15, 0.2) is 11.9 Å². The van der Waals surface area contributed by atoms with E-state index in [1.165, 1.54) is 0 Å². The predicted octanol–water partition coefficient (Wildman–Crippen LogP) is 3.40. The Labute approximate surface area is 105 Å². The summed E-state index contributed by atoms with van der Waals surface area (Å²) in [5.74, 6) is 0.931. The molecule has 0 saturated heterocycles. The van der Waals surface area contributed by atoms with Crippen LogP contribution in [0.4, 0.5) is 0 Å². The molecule has 1 aliphatic heterocycles. The van der Waals surface area contributed by atoms with Gasteiger partial charge in [-0.2, -0.15) is 0 Å². The van der Waals surface area contributed by atoms with Crippen LogP contribution in [0.3, 0.4) is 0 Å². The van der Waals surface area contributed by atoms with Crippen LogP contribution in [0.25, 0.3) is 6.08 Å². The minimum Gasteiger partial charge on any atom is -0.480 e. The van der Waals surface area contributed by atoms with E-state index in [0.29, 0.717) is 0 Å². The van der Waals surface area contributed by atoms with Crippen molar-refractivity contribution in [3.63, 3.8) is 0 Å². The maximum Gasteiger partial charge on any atom is 0.193 e. The molecule has 2 aliphatic rings. The quantitative estimate of drug-likeness (QED) is 0.698. The van der Waals surface area contributed by atoms with Crippen LogP contribution in [0.2, 0.25) is 0 Å². The standard InChI is InChI=1S/C16H10O2/c17-15-11-6-2-3-7-12(11)16-13(15)9-10-5-1-4-8-14(10)18-16/h1-9,16H. The van der Waals surface area contributed by atoms with E-state index >= 15 is 0 Å². The second kappa shape index (κ2) is 3.33. The first-order chi connectivity index (χ1) is 8.84. The van der Waals surface area contributed by atoms with Crippen LogP contribution >= 0.6 is 0 Å². The molecule has 1 heterocycles. The van der Waals surface area contributed by atoms with Gasteiger partial charge in [-0.3, -0.25) is 4.79 Å². The summed E-state index contributed by atoms with van der Waals surface area (Å²) < 4.78 is 5.96. The molecule has 2 aromatic carbocycles. The van der Waals surface area contributed by atoms with Crippen LogP contribution in [0.1, 0.15) is 27.6 Å². The maximum atomic E-state index is 12.3. The molecule has 1 atom stereocenters. The van der Waals surface area contributed by atoms with Crippen molar-refractivity contribution in [2.24, 2.45) is 0 Å². The molecule has 2 heteroatoms. The maximum absolute atomic E-state index is 12.3. The lowest BCUT2D eigenvalue weighted by atomic mass is 10.0. The zero-order valence-electron chi connectivity index (χ0n) is 9.59. The number of benzene rings is 2. The fourth-order valence-electron chi connectivity index (χ4n) is 2.64. The molecular weight excluding hydrogens is 224 g/mol. The van der Waals surface area contributed by atoms with Gasteiger partial charge in [0.05, 0.1) is 0 Å². The van der Waals surface area contributed by atoms with Crippen molar-refractivity contribution in [2.75, 3.05) is 0 Å². The van der Waals surface area contributed by atoms with Gasteiger partial charge in [-0.25, -0.2) is 0 Å². The number of fused-ring (bicyclic) bond motifs is 4. The largest absolute Gasteiger partial charge is 0.480 e. The molecule has 86 valence electrons. The molecule has 0 spiro atoms. The Hall–Kier alpha value is -2.35. The van der Waals surface area contributed by atoms with E-state index < -0.39 is 0 Å². The average Bonchev–Trinajstić information content (AvgIpc) is 2.71. The predicted molar refractivity (Wildman–Crippen MR) is 68.6 cm³/mol. The second-order valence-electron chi connectivity index (χ2n) is 4.55. The van der Waals surface area contributed by atoms with Gasteiger partial charge in [-0.05, 0) is 12.1 Å². The molecule has 4 rings (SSSR count). The smallest absolute Gasteiger partial charge is 0.193 e. The minimum absolute atomic E-state index is 0.0881. The first kappa shape index (κ1) is 9.66. The van der Waals surface area contributed by atoms with Crippen molar-refractivity contribution in [2.45, 2.75) is 6.10 Å². The molecule has 0 bridgehead atoms. The summed E-state index contributed by atoms with van der Waals surface area (Å²) in [6.07, 6.45) is 1.72. The Morgan fingerprint density at radius 1 is 0.944 bits per heavy atom. The Balaban J connectivity index is 1.95. The van der Waals surface area contributed by atoms with Gasteiger partial charge in [0, 0.05) is 22.3 Å². The van der Waals surface area contributed by atoms with E-state index in [0.717, 1.165) is 28.0 Å². The van der Waals surface area contributed by atoms with Crippen molar-refractivity contribution in [3.05, 3.63) is 70.8 Å². The summed E-state index contributed by atoms with van der Waals surface area (Å²) in [6.45, 7) is 0. The van der Waals surface area contributed by atoms with Crippen molar-refractivity contribution < 1.29 is 9.53 Å². The Morgan fingerprint density at radius 3 is 2.67 bits per heavy atom. The molecule has 0 saturated carbocycles. The fraction of sp³-hybridized carbons (Fsp3) is 0.0625. The number of carbonyl (C=O) groups is 1. The summed E-state index contributed by atoms with van der Waals surface area (Å²) in [5.41, 5.74) is 3.46. The lowest BCUT2D eigenvalue weighted by Gasteiger charge is -2.22. The summed E-state index contributed by atoms with van der Waals surface area (Å²) in [4.78, 5) is 12.3. The zero-order chi connectivity index (χ0) is 12.1. The zero-order valence-corrected chi connectivity index (χ0v) is 9.59. The van der Waals surface area contributed by atoms with Gasteiger partial charge in [0.25, 0.3) is 0 Å². The first-order valence-corrected chi connectivity index (χ1v) is 5.95. The topological polar surface area (TPSA) is 26.3 Å². The summed E-state index contributed by atoms with van der Waals surface area (Å²) in [6, 6.07) is 15.5. The number of hydrogen-bond donors (Lipinski definition) is 0. The van der Waals surface area contributed by atoms with Gasteiger partial charge in [-0.1, -0.05) is 42.5 Å². The van der Waals surface area contributed by atoms with Crippen LogP contribution in [0, 0.1) is 0 Å². The number of rotatable bonds is 0. The molecule has 0 fully saturated rings. The third kappa shape index (κ3) is 1.15. The van der Waals surface area contributed by atoms with E-state index in [9.17, 15) is 4.79 Å². The Kier molecular flexibility index (Phi) is 1.78. The second-order valence-corrected chi connectivity index (χ2v) is 4.55. The highest BCUT2D eigenvalue weighted by atomic mass is 16.5. The molecular formula is C16H10O2. The van der Waals surface area contributed by atoms with Crippen LogP contribution < -0.4 is 4.74 Å². The minimum atomic E-state index is -0.233. The number of carbonyl (C=O) groups excluding carboxylic acids is 1. The van der Waals surface area contributed by atoms with Gasteiger partial charge >= 0.3 is 0 Å². The van der Waals surface area contributed by atoms with Crippen LogP contribution in [-0.4, -0.2) is 5.78 Å². The lowest BCUT2D eigenvalue weighted by molar-refractivity contribution is 0.102. The van der Waals surface area contributed by atoms with Gasteiger partial charge in [0.2, 0.25) is 0 Å². The molecule has 0 N–H and O–H groups in total. The SMILES string of the molecule is O=C1C2=Cc3ccccc3OC2c2ccccc21. The molecule has 1 aliphatic carbocycles. The van der Waals surface area contributed by atoms with Crippen LogP contribution in [0.5, 0.6) is 5.75 Å². The first-order valence-electron chi connectivity index (χ1n) is 5.95. The molecule has 0 aromatic heterocycles. The summed E-state index contributed by atoms with van der Waals surface area (Å²) in [7, 11) is 0. The Morgan fingerprint density at radius 2 is 1.72 bits per heavy atom. The van der Waals surface area contributed by atoms with Crippen molar-refractivity contribution >= 4 is 11.9 Å². The highest BCUT2D eigenvalue weighted by Gasteiger charge is 2.38. The third-order valence-corrected chi connectivity index (χ3v) is 3.51. The van der Waals surface area contributed by atoms with Crippen LogP contribution in [0.15, 0.2) is 54.1 Å². The molecule has 0 radical (unpaired) electrons. The van der Waals surface area contributed by atoms with E-state index in [4.69, 9.17) is 4.74 Å². The summed E-state index contributed by atoms with van der Waals surface area (Å²) >= 11 is 0. The van der Waals surface area contributed by atoms with Gasteiger partial charge < -0.3 is 4.74 Å². The van der Waals surface area contributed by atoms with Gasteiger partial charge in [0.1, 0.15) is 5.75 Å². The molecule has 2 aromatic rings. The third-order valence-electron chi connectivity index (χ3n) is 3.51. The fourth-order valence-corrected chi connectivity index (χ4v) is 2.64. The normalized spacial score (nSPS) is 19.4. The highest BCUT2D eigenvalue weighted by Crippen LogP contribution is 2.44. The van der Waals surface area contributed by atoms with Crippen molar-refractivity contribution in [3.8, 4) is 5.75 Å². The number of Topliss-reactive ketones (excluding diaryl/α,β-unsaturated/α-hetero) is 1. The Bertz CT molecular complexity index is 698. The number of ether oxygens (including phenoxy) is 1. The molecule has 2 nitrogen and oxygen atoms in total. The number of ketones is 1. The van der Waals surface area contributed by atoms with E-state index in [1.807, 2.05) is 54.6 Å².